The van der Waals surface area contributed by atoms with Crippen LogP contribution in [-0.4, -0.2) is 13.9 Å². The zero-order valence-electron chi connectivity index (χ0n) is 13.4. The van der Waals surface area contributed by atoms with Crippen LogP contribution >= 0.6 is 11.6 Å². The van der Waals surface area contributed by atoms with Crippen LogP contribution in [0.4, 0.5) is 0 Å². The van der Waals surface area contributed by atoms with Crippen LogP contribution in [0.2, 0.25) is 22.0 Å². The van der Waals surface area contributed by atoms with Gasteiger partial charge in [-0.1, -0.05) is 0 Å². The fourth-order valence-corrected chi connectivity index (χ4v) is 5.29. The molecule has 3 rings (SSSR count). The van der Waals surface area contributed by atoms with E-state index in [2.05, 4.69) is 48.0 Å². The van der Waals surface area contributed by atoms with Gasteiger partial charge in [0.25, 0.3) is 0 Å². The first-order valence-corrected chi connectivity index (χ1v) is 13.1. The van der Waals surface area contributed by atoms with Crippen molar-refractivity contribution in [2.75, 3.05) is 0 Å². The number of aryl methyl sites for hydroxylation is 2. The Morgan fingerprint density at radius 1 is 1.00 bits per heavy atom. The number of halogens is 1. The summed E-state index contributed by atoms with van der Waals surface area (Å²) in [5, 5.41) is 2.30. The molecule has 2 aromatic rings. The van der Waals surface area contributed by atoms with Gasteiger partial charge in [0.2, 0.25) is 0 Å². The fraction of sp³-hybridized carbons (Fsp3) is 0.400. The molecule has 1 aliphatic carbocycles. The van der Waals surface area contributed by atoms with Crippen LogP contribution in [0.5, 0.6) is 0 Å². The first kappa shape index (κ1) is 16.1. The molecule has 0 amide bonds. The molecule has 0 radical (unpaired) electrons. The SMILES string of the molecule is C[Se+](C)CCCC1c2ccccc2CCc2ccc(Cl)cc21. The number of hydrogen-bond donors (Lipinski definition) is 0. The van der Waals surface area contributed by atoms with Gasteiger partial charge in [-0.3, -0.25) is 0 Å². The molecule has 0 N–H and O–H groups in total. The summed E-state index contributed by atoms with van der Waals surface area (Å²) >= 11 is 5.97. The zero-order valence-corrected chi connectivity index (χ0v) is 15.9. The van der Waals surface area contributed by atoms with Gasteiger partial charge in [0, 0.05) is 0 Å². The molecule has 0 aromatic heterocycles. The van der Waals surface area contributed by atoms with Crippen molar-refractivity contribution in [3.63, 3.8) is 0 Å². The summed E-state index contributed by atoms with van der Waals surface area (Å²) in [4.78, 5) is 0. The third-order valence-corrected chi connectivity index (χ3v) is 7.18. The minimum atomic E-state index is -0.338. The first-order valence-electron chi connectivity index (χ1n) is 8.05. The molecule has 0 saturated heterocycles. The molecule has 0 saturated carbocycles. The second-order valence-corrected chi connectivity index (χ2v) is 11.9. The van der Waals surface area contributed by atoms with Gasteiger partial charge >= 0.3 is 144 Å². The fourth-order valence-electron chi connectivity index (χ4n) is 3.54. The minimum absolute atomic E-state index is 0.338. The molecule has 0 nitrogen and oxygen atoms in total. The van der Waals surface area contributed by atoms with Gasteiger partial charge in [-0.05, 0) is 0 Å². The molecule has 2 aromatic carbocycles. The van der Waals surface area contributed by atoms with Crippen LogP contribution < -0.4 is 0 Å². The third-order valence-electron chi connectivity index (χ3n) is 4.62. The molecule has 1 atom stereocenters. The van der Waals surface area contributed by atoms with Gasteiger partial charge in [-0.15, -0.1) is 0 Å². The molecule has 0 fully saturated rings. The van der Waals surface area contributed by atoms with E-state index in [4.69, 9.17) is 11.6 Å². The van der Waals surface area contributed by atoms with E-state index in [1.54, 1.807) is 0 Å². The van der Waals surface area contributed by atoms with Gasteiger partial charge in [0.15, 0.2) is 0 Å². The first-order chi connectivity index (χ1) is 10.6. The van der Waals surface area contributed by atoms with Gasteiger partial charge < -0.3 is 0 Å². The number of fused-ring (bicyclic) bond motifs is 2. The van der Waals surface area contributed by atoms with Crippen molar-refractivity contribution in [1.29, 1.82) is 0 Å². The topological polar surface area (TPSA) is 0 Å². The Hall–Kier alpha value is -0.751. The second kappa shape index (κ2) is 7.21. The van der Waals surface area contributed by atoms with E-state index in [0.29, 0.717) is 5.92 Å². The average molecular weight is 379 g/mol. The van der Waals surface area contributed by atoms with E-state index < -0.39 is 0 Å². The van der Waals surface area contributed by atoms with Crippen molar-refractivity contribution in [2.45, 2.75) is 48.6 Å². The van der Waals surface area contributed by atoms with Crippen molar-refractivity contribution in [1.82, 2.24) is 0 Å². The van der Waals surface area contributed by atoms with Crippen molar-refractivity contribution in [2.24, 2.45) is 0 Å². The molecular formula is C20H24ClSe+. The van der Waals surface area contributed by atoms with Crippen molar-refractivity contribution in [3.8, 4) is 0 Å². The summed E-state index contributed by atoms with van der Waals surface area (Å²) in [6.07, 6.45) is 4.88. The Morgan fingerprint density at radius 2 is 1.73 bits per heavy atom. The Morgan fingerprint density at radius 3 is 2.50 bits per heavy atom. The molecule has 1 unspecified atom stereocenters. The number of rotatable bonds is 4. The van der Waals surface area contributed by atoms with Gasteiger partial charge in [0.05, 0.1) is 0 Å². The summed E-state index contributed by atoms with van der Waals surface area (Å²) in [6, 6.07) is 15.5. The van der Waals surface area contributed by atoms with E-state index in [1.165, 1.54) is 40.4 Å². The van der Waals surface area contributed by atoms with Crippen molar-refractivity contribution >= 4 is 25.5 Å². The van der Waals surface area contributed by atoms with Crippen LogP contribution in [0.1, 0.15) is 41.0 Å². The van der Waals surface area contributed by atoms with Gasteiger partial charge in [-0.2, -0.15) is 0 Å². The summed E-state index contributed by atoms with van der Waals surface area (Å²) in [5.74, 6) is 5.40. The molecule has 1 aliphatic rings. The molecule has 0 aliphatic heterocycles. The molecule has 116 valence electrons. The monoisotopic (exact) mass is 379 g/mol. The molecule has 2 heteroatoms. The quantitative estimate of drug-likeness (QED) is 0.563. The molecule has 0 spiro atoms. The third kappa shape index (κ3) is 3.59. The number of hydrogen-bond acceptors (Lipinski definition) is 0. The normalized spacial score (nSPS) is 17.0. The van der Waals surface area contributed by atoms with Crippen molar-refractivity contribution < 1.29 is 0 Å². The van der Waals surface area contributed by atoms with Gasteiger partial charge in [0.1, 0.15) is 0 Å². The molecule has 0 heterocycles. The van der Waals surface area contributed by atoms with Crippen LogP contribution in [-0.2, 0) is 12.8 Å². The molecule has 0 bridgehead atoms. The van der Waals surface area contributed by atoms with E-state index >= 15 is 0 Å². The van der Waals surface area contributed by atoms with Crippen LogP contribution in [0.3, 0.4) is 0 Å². The standard InChI is InChI=1S/C20H24ClSe/c1-22(2)13-5-8-19-18-7-4-3-6-15(18)9-10-16-11-12-17(21)14-20(16)19/h3-4,6-7,11-12,14,19H,5,8-10,13H2,1-2H3/q+1. The summed E-state index contributed by atoms with van der Waals surface area (Å²) in [6.45, 7) is 0. The maximum atomic E-state index is 6.31. The average Bonchev–Trinajstić information content (AvgIpc) is 2.65. The van der Waals surface area contributed by atoms with E-state index in [1.807, 2.05) is 6.07 Å². The Balaban J connectivity index is 1.98. The summed E-state index contributed by atoms with van der Waals surface area (Å²) in [7, 11) is 0. The van der Waals surface area contributed by atoms with Crippen LogP contribution in [0.25, 0.3) is 0 Å². The van der Waals surface area contributed by atoms with E-state index in [0.717, 1.165) is 17.9 Å². The second-order valence-electron chi connectivity index (χ2n) is 6.43. The predicted molar refractivity (Wildman–Crippen MR) is 98.7 cm³/mol. The summed E-state index contributed by atoms with van der Waals surface area (Å²) in [5.41, 5.74) is 6.03. The summed E-state index contributed by atoms with van der Waals surface area (Å²) < 4.78 is 0. The Labute approximate surface area is 143 Å². The zero-order chi connectivity index (χ0) is 15.5. The van der Waals surface area contributed by atoms with Crippen LogP contribution in [0.15, 0.2) is 42.5 Å². The number of benzene rings is 2. The molecular weight excluding hydrogens is 355 g/mol. The maximum absolute atomic E-state index is 6.31. The van der Waals surface area contributed by atoms with E-state index in [9.17, 15) is 0 Å². The van der Waals surface area contributed by atoms with E-state index in [-0.39, 0.29) is 13.9 Å². The van der Waals surface area contributed by atoms with Gasteiger partial charge in [-0.25, -0.2) is 0 Å². The van der Waals surface area contributed by atoms with Crippen LogP contribution in [0, 0.1) is 0 Å². The predicted octanol–water partition coefficient (Wildman–Crippen LogP) is 6.11. The Kier molecular flexibility index (Phi) is 5.29. The Bertz CT molecular complexity index is 648. The molecule has 22 heavy (non-hydrogen) atoms. The van der Waals surface area contributed by atoms with Crippen molar-refractivity contribution in [3.05, 3.63) is 69.7 Å².